The smallest absolute Gasteiger partial charge is 0.258 e. The van der Waals surface area contributed by atoms with Gasteiger partial charge in [0.1, 0.15) is 5.76 Å². The minimum atomic E-state index is -0.620. The third-order valence-corrected chi connectivity index (χ3v) is 7.17. The lowest BCUT2D eigenvalue weighted by Gasteiger charge is -2.19. The van der Waals surface area contributed by atoms with E-state index in [1.807, 2.05) is 36.5 Å². The number of hydrogen-bond donors (Lipinski definition) is 1. The molecule has 0 spiro atoms. The number of hydrogen-bond acceptors (Lipinski definition) is 6. The van der Waals surface area contributed by atoms with E-state index < -0.39 is 6.10 Å². The predicted octanol–water partition coefficient (Wildman–Crippen LogP) is 5.35. The van der Waals surface area contributed by atoms with Gasteiger partial charge in [-0.2, -0.15) is 0 Å². The molecule has 1 fully saturated rings. The fourth-order valence-corrected chi connectivity index (χ4v) is 5.41. The fourth-order valence-electron chi connectivity index (χ4n) is 3.14. The molecule has 1 N–H and O–H groups in total. The average Bonchev–Trinajstić information content (AvgIpc) is 3.34. The summed E-state index contributed by atoms with van der Waals surface area (Å²) < 4.78 is 12.4. The third kappa shape index (κ3) is 4.79. The molecule has 5 nitrogen and oxygen atoms in total. The SMILES string of the molecule is CO[C@H](C(=O)NC1=C2CC2C=C(SCc2ncc(C(C)C)o2)S1)c1ccccc1. The van der Waals surface area contributed by atoms with Crippen molar-refractivity contribution in [3.8, 4) is 0 Å². The first kappa shape index (κ1) is 20.3. The van der Waals surface area contributed by atoms with Crippen molar-refractivity contribution in [3.05, 3.63) is 74.7 Å². The highest BCUT2D eigenvalue weighted by molar-refractivity contribution is 8.23. The van der Waals surface area contributed by atoms with Crippen LogP contribution in [0.3, 0.4) is 0 Å². The molecule has 152 valence electrons. The second-order valence-electron chi connectivity index (χ2n) is 7.37. The van der Waals surface area contributed by atoms with Crippen LogP contribution in [0, 0.1) is 5.92 Å². The van der Waals surface area contributed by atoms with Crippen LogP contribution in [-0.4, -0.2) is 18.0 Å². The summed E-state index contributed by atoms with van der Waals surface area (Å²) in [6.45, 7) is 4.18. The van der Waals surface area contributed by atoms with E-state index in [-0.39, 0.29) is 5.91 Å². The Morgan fingerprint density at radius 2 is 2.17 bits per heavy atom. The van der Waals surface area contributed by atoms with Crippen LogP contribution in [0.25, 0.3) is 0 Å². The van der Waals surface area contributed by atoms with Gasteiger partial charge in [-0.15, -0.1) is 11.8 Å². The van der Waals surface area contributed by atoms with Gasteiger partial charge in [0.25, 0.3) is 5.91 Å². The summed E-state index contributed by atoms with van der Waals surface area (Å²) in [5, 5.41) is 4.04. The first-order chi connectivity index (χ1) is 14.0. The molecule has 2 atom stereocenters. The monoisotopic (exact) mass is 428 g/mol. The van der Waals surface area contributed by atoms with Crippen molar-refractivity contribution in [2.75, 3.05) is 7.11 Å². The Hall–Kier alpha value is -1.96. The summed E-state index contributed by atoms with van der Waals surface area (Å²) in [4.78, 5) is 17.2. The summed E-state index contributed by atoms with van der Waals surface area (Å²) in [6.07, 6.45) is 4.47. The number of fused-ring (bicyclic) bond motifs is 1. The normalized spacial score (nSPS) is 19.0. The van der Waals surface area contributed by atoms with E-state index >= 15 is 0 Å². The number of nitrogens with zero attached hydrogens (tertiary/aromatic N) is 1. The molecule has 1 aromatic heterocycles. The molecule has 1 aliphatic carbocycles. The van der Waals surface area contributed by atoms with E-state index in [1.165, 1.54) is 9.81 Å². The second kappa shape index (κ2) is 8.81. The summed E-state index contributed by atoms with van der Waals surface area (Å²) in [5.74, 6) is 2.96. The minimum Gasteiger partial charge on any atom is -0.445 e. The topological polar surface area (TPSA) is 64.4 Å². The molecular formula is C22H24N2O3S2. The number of benzene rings is 1. The van der Waals surface area contributed by atoms with E-state index in [2.05, 4.69) is 30.2 Å². The van der Waals surface area contributed by atoms with Gasteiger partial charge in [0.15, 0.2) is 6.10 Å². The van der Waals surface area contributed by atoms with Crippen molar-refractivity contribution < 1.29 is 13.9 Å². The standard InChI is InChI=1S/C22H24N2O3S2/c1-13(2)17-11-23-18(27-17)12-28-19-10-15-9-16(15)22(29-19)24-21(25)20(26-3)14-7-5-4-6-8-14/h4-8,10-11,13,15,20H,9,12H2,1-3H3,(H,24,25)/t15?,20-/m0/s1. The maximum atomic E-state index is 12.8. The van der Waals surface area contributed by atoms with Gasteiger partial charge in [0.2, 0.25) is 5.89 Å². The van der Waals surface area contributed by atoms with Crippen molar-refractivity contribution in [2.45, 2.75) is 38.0 Å². The molecule has 4 rings (SSSR count). The summed E-state index contributed by atoms with van der Waals surface area (Å²) in [6, 6.07) is 9.56. The number of thioether (sulfide) groups is 2. The number of allylic oxidation sites excluding steroid dienone is 2. The molecule has 2 heterocycles. The van der Waals surface area contributed by atoms with Gasteiger partial charge < -0.3 is 14.5 Å². The molecule has 2 aromatic rings. The molecule has 0 bridgehead atoms. The second-order valence-corrected chi connectivity index (χ2v) is 9.70. The molecule has 29 heavy (non-hydrogen) atoms. The number of nitrogens with one attached hydrogen (secondary N) is 1. The van der Waals surface area contributed by atoms with E-state index in [0.717, 1.165) is 28.7 Å². The summed E-state index contributed by atoms with van der Waals surface area (Å²) in [5.41, 5.74) is 2.15. The highest BCUT2D eigenvalue weighted by atomic mass is 32.2. The lowest BCUT2D eigenvalue weighted by Crippen LogP contribution is -2.29. The van der Waals surface area contributed by atoms with Crippen LogP contribution < -0.4 is 5.32 Å². The van der Waals surface area contributed by atoms with E-state index in [0.29, 0.717) is 17.6 Å². The van der Waals surface area contributed by atoms with Crippen molar-refractivity contribution in [1.82, 2.24) is 10.3 Å². The molecule has 1 aromatic carbocycles. The van der Waals surface area contributed by atoms with E-state index in [4.69, 9.17) is 9.15 Å². The van der Waals surface area contributed by atoms with Crippen LogP contribution in [-0.2, 0) is 15.3 Å². The van der Waals surface area contributed by atoms with Crippen molar-refractivity contribution >= 4 is 29.4 Å². The molecule has 0 radical (unpaired) electrons. The van der Waals surface area contributed by atoms with E-state index in [1.54, 1.807) is 30.6 Å². The largest absolute Gasteiger partial charge is 0.445 e. The van der Waals surface area contributed by atoms with Crippen LogP contribution in [0.2, 0.25) is 0 Å². The molecule has 1 saturated carbocycles. The molecule has 1 aliphatic heterocycles. The van der Waals surface area contributed by atoms with Gasteiger partial charge in [-0.25, -0.2) is 4.98 Å². The van der Waals surface area contributed by atoms with Crippen molar-refractivity contribution in [1.29, 1.82) is 0 Å². The summed E-state index contributed by atoms with van der Waals surface area (Å²) in [7, 11) is 1.56. The Labute approximate surface area is 179 Å². The lowest BCUT2D eigenvalue weighted by molar-refractivity contribution is -0.130. The number of ether oxygens (including phenoxy) is 1. The summed E-state index contributed by atoms with van der Waals surface area (Å²) >= 11 is 3.31. The quantitative estimate of drug-likeness (QED) is 0.611. The third-order valence-electron chi connectivity index (χ3n) is 4.85. The van der Waals surface area contributed by atoms with Crippen molar-refractivity contribution in [3.63, 3.8) is 0 Å². The van der Waals surface area contributed by atoms with Crippen LogP contribution in [0.15, 0.2) is 61.9 Å². The number of oxazole rings is 1. The molecule has 1 unspecified atom stereocenters. The number of amides is 1. The van der Waals surface area contributed by atoms with Gasteiger partial charge in [0.05, 0.1) is 17.0 Å². The van der Waals surface area contributed by atoms with Gasteiger partial charge in [-0.3, -0.25) is 4.79 Å². The highest BCUT2D eigenvalue weighted by Crippen LogP contribution is 2.53. The molecule has 1 amide bonds. The fraction of sp³-hybridized carbons (Fsp3) is 0.364. The average molecular weight is 429 g/mol. The minimum absolute atomic E-state index is 0.139. The zero-order valence-electron chi connectivity index (χ0n) is 16.7. The van der Waals surface area contributed by atoms with E-state index in [9.17, 15) is 4.79 Å². The van der Waals surface area contributed by atoms with Crippen LogP contribution >= 0.6 is 23.5 Å². The lowest BCUT2D eigenvalue weighted by atomic mass is 10.1. The number of carbonyl (C=O) groups excluding carboxylic acids is 1. The highest BCUT2D eigenvalue weighted by Gasteiger charge is 2.37. The Kier molecular flexibility index (Phi) is 6.18. The van der Waals surface area contributed by atoms with Gasteiger partial charge in [0, 0.05) is 23.2 Å². The Morgan fingerprint density at radius 3 is 2.86 bits per heavy atom. The first-order valence-electron chi connectivity index (χ1n) is 9.64. The molecule has 0 saturated heterocycles. The molecule has 7 heteroatoms. The Bertz CT molecular complexity index is 950. The zero-order chi connectivity index (χ0) is 20.4. The first-order valence-corrected chi connectivity index (χ1v) is 11.4. The molecular weight excluding hydrogens is 404 g/mol. The number of carbonyl (C=O) groups is 1. The Morgan fingerprint density at radius 1 is 1.38 bits per heavy atom. The van der Waals surface area contributed by atoms with Gasteiger partial charge in [-0.1, -0.05) is 62.0 Å². The predicted molar refractivity (Wildman–Crippen MR) is 117 cm³/mol. The number of rotatable bonds is 8. The maximum Gasteiger partial charge on any atom is 0.258 e. The number of methoxy groups -OCH3 is 1. The van der Waals surface area contributed by atoms with Crippen molar-refractivity contribution in [2.24, 2.45) is 5.92 Å². The van der Waals surface area contributed by atoms with Crippen LogP contribution in [0.4, 0.5) is 0 Å². The Balaban J connectivity index is 1.37. The number of aromatic nitrogens is 1. The zero-order valence-corrected chi connectivity index (χ0v) is 18.3. The van der Waals surface area contributed by atoms with Gasteiger partial charge >= 0.3 is 0 Å². The maximum absolute atomic E-state index is 12.8. The molecule has 2 aliphatic rings. The van der Waals surface area contributed by atoms with Crippen LogP contribution in [0.1, 0.15) is 49.5 Å². The van der Waals surface area contributed by atoms with Crippen LogP contribution in [0.5, 0.6) is 0 Å². The van der Waals surface area contributed by atoms with Gasteiger partial charge in [-0.05, 0) is 17.6 Å².